The van der Waals surface area contributed by atoms with Crippen molar-refractivity contribution in [1.82, 2.24) is 9.80 Å². The van der Waals surface area contributed by atoms with Crippen LogP contribution in [0.25, 0.3) is 0 Å². The molecule has 0 aromatic rings. The SMILES string of the molecule is CCN(CCC(C)(C)OCCC(C)(C)OCCO)C(=O)OC(C)(C)C.CN(CCC(C)(C)OCCC(C)(C)OCCOSI)C(=O)OC(C)(C)C. The van der Waals surface area contributed by atoms with Gasteiger partial charge in [0, 0.05) is 47.9 Å². The third-order valence-corrected chi connectivity index (χ3v) is 8.47. The van der Waals surface area contributed by atoms with Gasteiger partial charge in [-0.05, 0) is 130 Å². The third-order valence-electron chi connectivity index (χ3n) is 7.45. The van der Waals surface area contributed by atoms with Crippen molar-refractivity contribution in [3.05, 3.63) is 0 Å². The van der Waals surface area contributed by atoms with Crippen molar-refractivity contribution in [3.8, 4) is 0 Å². The highest BCUT2D eigenvalue weighted by atomic mass is 127. The highest BCUT2D eigenvalue weighted by molar-refractivity contribution is 14.2. The van der Waals surface area contributed by atoms with Crippen LogP contribution < -0.4 is 0 Å². The lowest BCUT2D eigenvalue weighted by Gasteiger charge is -2.32. The lowest BCUT2D eigenvalue weighted by molar-refractivity contribution is -0.0815. The number of rotatable bonds is 23. The standard InChI is InChI=1S/C19H39NO5.C18H36INO5S/c1-9-20(16(22)25-17(2,3)4)12-10-18(5,6)23-14-11-19(7,8)24-15-13-21;1-16(2,3)25-15(21)20(8)11-9-17(4,5)22-12-10-18(6,7)23-13-14-24-26-19/h21H,9-15H2,1-8H3;9-14H2,1-8H3. The van der Waals surface area contributed by atoms with E-state index in [4.69, 9.17) is 37.7 Å². The Hall–Kier alpha value is -0.620. The van der Waals surface area contributed by atoms with Gasteiger partial charge < -0.3 is 47.5 Å². The summed E-state index contributed by atoms with van der Waals surface area (Å²) >= 11 is 2.09. The Bertz CT molecular complexity index is 953. The fourth-order valence-electron chi connectivity index (χ4n) is 4.12. The summed E-state index contributed by atoms with van der Waals surface area (Å²) in [7, 11) is 3.06. The van der Waals surface area contributed by atoms with E-state index < -0.39 is 11.2 Å². The molecule has 0 saturated carbocycles. The van der Waals surface area contributed by atoms with E-state index in [1.165, 1.54) is 9.21 Å². The summed E-state index contributed by atoms with van der Waals surface area (Å²) in [5.74, 6) is 0. The second-order valence-corrected chi connectivity index (χ2v) is 18.4. The van der Waals surface area contributed by atoms with Crippen LogP contribution in [0.3, 0.4) is 0 Å². The number of hydrogen-bond donors (Lipinski definition) is 1. The second kappa shape index (κ2) is 24.7. The predicted octanol–water partition coefficient (Wildman–Crippen LogP) is 8.85. The van der Waals surface area contributed by atoms with Gasteiger partial charge in [0.2, 0.25) is 0 Å². The van der Waals surface area contributed by atoms with Crippen molar-refractivity contribution < 1.29 is 47.3 Å². The molecule has 0 radical (unpaired) electrons. The predicted molar refractivity (Wildman–Crippen MR) is 216 cm³/mol. The lowest BCUT2D eigenvalue weighted by atomic mass is 10.0. The van der Waals surface area contributed by atoms with E-state index >= 15 is 0 Å². The number of halogens is 1. The summed E-state index contributed by atoms with van der Waals surface area (Å²) in [6, 6.07) is 0. The first-order valence-electron chi connectivity index (χ1n) is 18.1. The Morgan fingerprint density at radius 2 is 0.980 bits per heavy atom. The first-order valence-corrected chi connectivity index (χ1v) is 21.4. The van der Waals surface area contributed by atoms with E-state index in [0.717, 1.165) is 25.7 Å². The van der Waals surface area contributed by atoms with Crippen molar-refractivity contribution in [2.24, 2.45) is 0 Å². The molecule has 0 heterocycles. The Labute approximate surface area is 327 Å². The van der Waals surface area contributed by atoms with E-state index in [9.17, 15) is 9.59 Å². The summed E-state index contributed by atoms with van der Waals surface area (Å²) in [4.78, 5) is 27.5. The number of carbonyl (C=O) groups excluding carboxylic acids is 2. The smallest absolute Gasteiger partial charge is 0.410 e. The van der Waals surface area contributed by atoms with Gasteiger partial charge in [0.1, 0.15) is 11.2 Å². The molecule has 0 aliphatic rings. The number of amides is 2. The highest BCUT2D eigenvalue weighted by Gasteiger charge is 2.27. The quantitative estimate of drug-likeness (QED) is 0.0602. The summed E-state index contributed by atoms with van der Waals surface area (Å²) in [5.41, 5.74) is -2.23. The van der Waals surface area contributed by atoms with Crippen molar-refractivity contribution >= 4 is 42.6 Å². The number of carbonyl (C=O) groups is 2. The minimum absolute atomic E-state index is 0.0211. The Morgan fingerprint density at radius 1 is 0.588 bits per heavy atom. The fourth-order valence-corrected chi connectivity index (χ4v) is 4.79. The molecule has 0 spiro atoms. The van der Waals surface area contributed by atoms with Crippen LogP contribution in [0.1, 0.15) is 130 Å². The van der Waals surface area contributed by atoms with Gasteiger partial charge in [-0.1, -0.05) is 0 Å². The van der Waals surface area contributed by atoms with Crippen LogP contribution in [0.15, 0.2) is 0 Å². The maximum absolute atomic E-state index is 12.2. The minimum atomic E-state index is -0.489. The van der Waals surface area contributed by atoms with Crippen molar-refractivity contribution in [3.63, 3.8) is 0 Å². The van der Waals surface area contributed by atoms with Gasteiger partial charge in [0.25, 0.3) is 0 Å². The number of aliphatic hydroxyl groups excluding tert-OH is 1. The summed E-state index contributed by atoms with van der Waals surface area (Å²) in [5, 5.41) is 8.85. The third kappa shape index (κ3) is 31.4. The van der Waals surface area contributed by atoms with Gasteiger partial charge in [0.05, 0.1) is 71.3 Å². The fraction of sp³-hybridized carbons (Fsp3) is 0.946. The van der Waals surface area contributed by atoms with Gasteiger partial charge in [-0.25, -0.2) is 9.59 Å². The number of nitrogens with zero attached hydrogens (tertiary/aromatic N) is 2. The Morgan fingerprint density at radius 3 is 1.39 bits per heavy atom. The minimum Gasteiger partial charge on any atom is -0.444 e. The van der Waals surface area contributed by atoms with E-state index in [1.54, 1.807) is 16.8 Å². The Kier molecular flexibility index (Phi) is 25.4. The van der Waals surface area contributed by atoms with E-state index in [0.29, 0.717) is 52.7 Å². The van der Waals surface area contributed by atoms with E-state index in [1.807, 2.05) is 90.0 Å². The largest absolute Gasteiger partial charge is 0.444 e. The van der Waals surface area contributed by atoms with Gasteiger partial charge >= 0.3 is 12.2 Å². The maximum atomic E-state index is 12.2. The van der Waals surface area contributed by atoms with Crippen LogP contribution in [0.2, 0.25) is 0 Å². The molecule has 0 aliphatic carbocycles. The van der Waals surface area contributed by atoms with Crippen LogP contribution in [0, 0.1) is 0 Å². The van der Waals surface area contributed by atoms with Crippen LogP contribution in [0.5, 0.6) is 0 Å². The molecule has 51 heavy (non-hydrogen) atoms. The first-order chi connectivity index (χ1) is 23.1. The lowest BCUT2D eigenvalue weighted by Crippen LogP contribution is -2.40. The summed E-state index contributed by atoms with van der Waals surface area (Å²) in [6.07, 6.45) is 2.37. The van der Waals surface area contributed by atoms with Gasteiger partial charge in [-0.2, -0.15) is 0 Å². The van der Waals surface area contributed by atoms with Crippen LogP contribution in [0.4, 0.5) is 9.59 Å². The molecule has 2 amide bonds. The molecule has 14 heteroatoms. The molecule has 0 aromatic carbocycles. The zero-order valence-electron chi connectivity index (χ0n) is 35.0. The molecule has 306 valence electrons. The van der Waals surface area contributed by atoms with Gasteiger partial charge in [-0.15, -0.1) is 0 Å². The molecule has 0 unspecified atom stereocenters. The zero-order valence-corrected chi connectivity index (χ0v) is 38.0. The van der Waals surface area contributed by atoms with Gasteiger partial charge in [-0.3, -0.25) is 0 Å². The molecule has 0 saturated heterocycles. The number of hydrogen-bond acceptors (Lipinski definition) is 11. The van der Waals surface area contributed by atoms with E-state index in [-0.39, 0.29) is 41.2 Å². The average molecular weight is 867 g/mol. The first kappa shape index (κ1) is 52.5. The molecular weight excluding hydrogens is 791 g/mol. The topological polar surface area (TPSA) is 125 Å². The van der Waals surface area contributed by atoms with Crippen molar-refractivity contribution in [1.29, 1.82) is 0 Å². The second-order valence-electron chi connectivity index (χ2n) is 17.0. The van der Waals surface area contributed by atoms with Crippen LogP contribution in [-0.4, -0.2) is 127 Å². The van der Waals surface area contributed by atoms with Crippen LogP contribution >= 0.6 is 30.4 Å². The zero-order chi connectivity index (χ0) is 40.2. The van der Waals surface area contributed by atoms with Crippen LogP contribution in [-0.2, 0) is 32.6 Å². The molecule has 0 aliphatic heterocycles. The van der Waals surface area contributed by atoms with E-state index in [2.05, 4.69) is 35.1 Å². The highest BCUT2D eigenvalue weighted by Crippen LogP contribution is 2.22. The summed E-state index contributed by atoms with van der Waals surface area (Å²) < 4.78 is 39.4. The normalized spacial score (nSPS) is 13.0. The molecule has 0 bridgehead atoms. The molecule has 1 N–H and O–H groups in total. The summed E-state index contributed by atoms with van der Waals surface area (Å²) in [6.45, 7) is 33.7. The molecule has 0 aromatic heterocycles. The van der Waals surface area contributed by atoms with Crippen molar-refractivity contribution in [2.45, 2.75) is 163 Å². The monoisotopic (exact) mass is 866 g/mol. The van der Waals surface area contributed by atoms with Gasteiger partial charge in [0.15, 0.2) is 0 Å². The number of ether oxygens (including phenoxy) is 6. The molecule has 0 fully saturated rings. The molecule has 0 atom stereocenters. The van der Waals surface area contributed by atoms with Crippen molar-refractivity contribution in [2.75, 3.05) is 66.3 Å². The molecular formula is C37H75IN2O10S. The maximum Gasteiger partial charge on any atom is 0.410 e. The molecule has 0 rings (SSSR count). The Balaban J connectivity index is 0. The average Bonchev–Trinajstić information content (AvgIpc) is 2.95. The number of aliphatic hydroxyl groups is 1. The molecule has 12 nitrogen and oxygen atoms in total.